The molecule has 0 aliphatic carbocycles. The highest BCUT2D eigenvalue weighted by Gasteiger charge is 2.15. The number of halogens is 1. The summed E-state index contributed by atoms with van der Waals surface area (Å²) in [4.78, 5) is 16.2. The third-order valence-electron chi connectivity index (χ3n) is 3.98. The number of carbonyl (C=O) groups excluding carboxylic acids is 1. The molecule has 0 spiro atoms. The Kier molecular flexibility index (Phi) is 6.13. The molecule has 2 aromatic carbocycles. The summed E-state index contributed by atoms with van der Waals surface area (Å²) in [6.45, 7) is 0.363. The quantitative estimate of drug-likeness (QED) is 0.639. The van der Waals surface area contributed by atoms with Crippen molar-refractivity contribution in [3.8, 4) is 0 Å². The average Bonchev–Trinajstić information content (AvgIpc) is 2.72. The summed E-state index contributed by atoms with van der Waals surface area (Å²) in [5.41, 5.74) is 1.85. The van der Waals surface area contributed by atoms with Gasteiger partial charge >= 0.3 is 0 Å². The zero-order valence-electron chi connectivity index (χ0n) is 14.8. The first-order chi connectivity index (χ1) is 13.4. The third-order valence-corrected chi connectivity index (χ3v) is 5.40. The molecule has 1 heterocycles. The molecule has 0 atom stereocenters. The van der Waals surface area contributed by atoms with E-state index in [1.54, 1.807) is 18.5 Å². The zero-order valence-corrected chi connectivity index (χ0v) is 15.6. The molecule has 8 heteroatoms. The van der Waals surface area contributed by atoms with E-state index in [4.69, 9.17) is 0 Å². The third kappa shape index (κ3) is 5.21. The molecular formula is C20H18FN3O3S. The molecule has 2 N–H and O–H groups in total. The lowest BCUT2D eigenvalue weighted by Gasteiger charge is -2.09. The molecule has 0 fully saturated rings. The van der Waals surface area contributed by atoms with Crippen molar-refractivity contribution < 1.29 is 17.6 Å². The van der Waals surface area contributed by atoms with Crippen LogP contribution in [-0.4, -0.2) is 19.3 Å². The Morgan fingerprint density at radius 1 is 0.929 bits per heavy atom. The minimum absolute atomic E-state index is 0.0377. The maximum Gasteiger partial charge on any atom is 0.251 e. The Balaban J connectivity index is 1.60. The van der Waals surface area contributed by atoms with Crippen molar-refractivity contribution in [3.05, 3.63) is 95.6 Å². The van der Waals surface area contributed by atoms with E-state index in [9.17, 15) is 17.6 Å². The fourth-order valence-corrected chi connectivity index (χ4v) is 3.45. The summed E-state index contributed by atoms with van der Waals surface area (Å²) in [6, 6.07) is 14.8. The van der Waals surface area contributed by atoms with Crippen LogP contribution in [0.15, 0.2) is 78.0 Å². The van der Waals surface area contributed by atoms with Crippen LogP contribution in [-0.2, 0) is 23.1 Å². The highest BCUT2D eigenvalue weighted by atomic mass is 32.2. The Hall–Kier alpha value is -3.10. The Morgan fingerprint density at radius 3 is 2.29 bits per heavy atom. The molecule has 0 bridgehead atoms. The molecule has 28 heavy (non-hydrogen) atoms. The van der Waals surface area contributed by atoms with Crippen molar-refractivity contribution >= 4 is 15.9 Å². The topological polar surface area (TPSA) is 88.2 Å². The fourth-order valence-electron chi connectivity index (χ4n) is 2.44. The molecule has 144 valence electrons. The number of hydrogen-bond acceptors (Lipinski definition) is 4. The lowest BCUT2D eigenvalue weighted by Crippen LogP contribution is -2.24. The predicted molar refractivity (Wildman–Crippen MR) is 102 cm³/mol. The molecule has 0 aliphatic heterocycles. The lowest BCUT2D eigenvalue weighted by atomic mass is 10.2. The van der Waals surface area contributed by atoms with Gasteiger partial charge < -0.3 is 5.32 Å². The molecule has 6 nitrogen and oxygen atoms in total. The normalized spacial score (nSPS) is 11.2. The standard InChI is InChI=1S/C20H18FN3O3S/c21-18-7-3-15(4-8-18)14-24-28(26,27)19-9-5-17(6-10-19)20(25)23-13-16-2-1-11-22-12-16/h1-12,24H,13-14H2,(H,23,25). The number of pyridine rings is 1. The summed E-state index contributed by atoms with van der Waals surface area (Å²) in [6.07, 6.45) is 3.30. The number of amides is 1. The van der Waals surface area contributed by atoms with Crippen molar-refractivity contribution in [2.45, 2.75) is 18.0 Å². The van der Waals surface area contributed by atoms with Gasteiger partial charge in [-0.05, 0) is 53.6 Å². The van der Waals surface area contributed by atoms with E-state index in [0.29, 0.717) is 17.7 Å². The molecule has 0 saturated carbocycles. The van der Waals surface area contributed by atoms with Crippen LogP contribution in [0.2, 0.25) is 0 Å². The number of nitrogens with one attached hydrogen (secondary N) is 2. The summed E-state index contributed by atoms with van der Waals surface area (Å²) in [5, 5.41) is 2.75. The van der Waals surface area contributed by atoms with Crippen molar-refractivity contribution in [3.63, 3.8) is 0 Å². The number of benzene rings is 2. The Morgan fingerprint density at radius 2 is 1.64 bits per heavy atom. The second-order valence-electron chi connectivity index (χ2n) is 6.02. The highest BCUT2D eigenvalue weighted by Crippen LogP contribution is 2.12. The fraction of sp³-hybridized carbons (Fsp3) is 0.100. The minimum Gasteiger partial charge on any atom is -0.348 e. The number of aromatic nitrogens is 1. The van der Waals surface area contributed by atoms with Crippen LogP contribution in [0.25, 0.3) is 0 Å². The predicted octanol–water partition coefficient (Wildman–Crippen LogP) is 2.63. The van der Waals surface area contributed by atoms with Crippen molar-refractivity contribution in [2.75, 3.05) is 0 Å². The van der Waals surface area contributed by atoms with Gasteiger partial charge in [0, 0.05) is 31.0 Å². The molecule has 3 aromatic rings. The van der Waals surface area contributed by atoms with E-state index < -0.39 is 10.0 Å². The van der Waals surface area contributed by atoms with E-state index in [-0.39, 0.29) is 23.2 Å². The van der Waals surface area contributed by atoms with Gasteiger partial charge in [0.15, 0.2) is 0 Å². The number of sulfonamides is 1. The van der Waals surface area contributed by atoms with Crippen LogP contribution in [0.3, 0.4) is 0 Å². The van der Waals surface area contributed by atoms with Crippen molar-refractivity contribution in [1.29, 1.82) is 0 Å². The van der Waals surface area contributed by atoms with Crippen LogP contribution in [0.5, 0.6) is 0 Å². The first-order valence-corrected chi connectivity index (χ1v) is 9.94. The van der Waals surface area contributed by atoms with E-state index in [2.05, 4.69) is 15.0 Å². The van der Waals surface area contributed by atoms with Crippen molar-refractivity contribution in [2.24, 2.45) is 0 Å². The van der Waals surface area contributed by atoms with E-state index in [1.807, 2.05) is 6.07 Å². The maximum absolute atomic E-state index is 12.9. The molecule has 0 unspecified atom stereocenters. The van der Waals surface area contributed by atoms with Crippen LogP contribution in [0, 0.1) is 5.82 Å². The van der Waals surface area contributed by atoms with E-state index in [1.165, 1.54) is 48.5 Å². The number of nitrogens with zero attached hydrogens (tertiary/aromatic N) is 1. The molecule has 3 rings (SSSR count). The summed E-state index contributed by atoms with van der Waals surface area (Å²) in [5.74, 6) is -0.698. The summed E-state index contributed by atoms with van der Waals surface area (Å²) < 4.78 is 40.1. The number of carbonyl (C=O) groups is 1. The molecular weight excluding hydrogens is 381 g/mol. The highest BCUT2D eigenvalue weighted by molar-refractivity contribution is 7.89. The van der Waals surface area contributed by atoms with E-state index >= 15 is 0 Å². The largest absolute Gasteiger partial charge is 0.348 e. The zero-order chi connectivity index (χ0) is 20.0. The first-order valence-electron chi connectivity index (χ1n) is 8.45. The van der Waals surface area contributed by atoms with Gasteiger partial charge in [0.05, 0.1) is 4.90 Å². The van der Waals surface area contributed by atoms with Crippen LogP contribution >= 0.6 is 0 Å². The van der Waals surface area contributed by atoms with Crippen LogP contribution < -0.4 is 10.0 Å². The molecule has 0 radical (unpaired) electrons. The monoisotopic (exact) mass is 399 g/mol. The first kappa shape index (κ1) is 19.7. The van der Waals surface area contributed by atoms with Crippen LogP contribution in [0.1, 0.15) is 21.5 Å². The molecule has 1 amide bonds. The lowest BCUT2D eigenvalue weighted by molar-refractivity contribution is 0.0951. The van der Waals surface area contributed by atoms with Gasteiger partial charge in [0.1, 0.15) is 5.82 Å². The van der Waals surface area contributed by atoms with Gasteiger partial charge in [-0.2, -0.15) is 0 Å². The Labute approximate surface area is 162 Å². The summed E-state index contributed by atoms with van der Waals surface area (Å²) in [7, 11) is -3.75. The maximum atomic E-state index is 12.9. The van der Waals surface area contributed by atoms with Gasteiger partial charge in [-0.25, -0.2) is 17.5 Å². The van der Waals surface area contributed by atoms with Gasteiger partial charge in [0.25, 0.3) is 5.91 Å². The molecule has 0 saturated heterocycles. The van der Waals surface area contributed by atoms with Gasteiger partial charge in [-0.15, -0.1) is 0 Å². The van der Waals surface area contributed by atoms with Crippen LogP contribution in [0.4, 0.5) is 4.39 Å². The molecule has 0 aliphatic rings. The summed E-state index contributed by atoms with van der Waals surface area (Å²) >= 11 is 0. The van der Waals surface area contributed by atoms with E-state index in [0.717, 1.165) is 5.56 Å². The second kappa shape index (κ2) is 8.73. The smallest absolute Gasteiger partial charge is 0.251 e. The van der Waals surface area contributed by atoms with Crippen molar-refractivity contribution in [1.82, 2.24) is 15.0 Å². The minimum atomic E-state index is -3.75. The SMILES string of the molecule is O=C(NCc1cccnc1)c1ccc(S(=O)(=O)NCc2ccc(F)cc2)cc1. The van der Waals surface area contributed by atoms with Gasteiger partial charge in [0.2, 0.25) is 10.0 Å². The average molecular weight is 399 g/mol. The Bertz CT molecular complexity index is 1040. The number of rotatable bonds is 7. The number of hydrogen-bond donors (Lipinski definition) is 2. The van der Waals surface area contributed by atoms with Gasteiger partial charge in [-0.3, -0.25) is 9.78 Å². The van der Waals surface area contributed by atoms with Gasteiger partial charge in [-0.1, -0.05) is 18.2 Å². The molecule has 1 aromatic heterocycles. The second-order valence-corrected chi connectivity index (χ2v) is 7.79.